The summed E-state index contributed by atoms with van der Waals surface area (Å²) in [7, 11) is 0. The van der Waals surface area contributed by atoms with Crippen LogP contribution in [0, 0.1) is 5.92 Å². The topological polar surface area (TPSA) is 38.8 Å². The third-order valence-electron chi connectivity index (χ3n) is 5.71. The second-order valence-electron chi connectivity index (χ2n) is 7.41. The van der Waals surface area contributed by atoms with Gasteiger partial charge in [-0.05, 0) is 24.0 Å². The second-order valence-corrected chi connectivity index (χ2v) is 7.41. The van der Waals surface area contributed by atoms with Gasteiger partial charge in [0.25, 0.3) is 0 Å². The van der Waals surface area contributed by atoms with Crippen molar-refractivity contribution in [3.05, 3.63) is 71.8 Å². The number of benzene rings is 2. The molecule has 2 saturated heterocycles. The zero-order valence-corrected chi connectivity index (χ0v) is 15.6. The molecule has 4 rings (SSSR count). The molecular formula is C23H27NO3. The predicted octanol–water partition coefficient (Wildman–Crippen LogP) is 3.82. The highest BCUT2D eigenvalue weighted by molar-refractivity contribution is 5.78. The van der Waals surface area contributed by atoms with Crippen LogP contribution in [-0.4, -0.2) is 43.4 Å². The summed E-state index contributed by atoms with van der Waals surface area (Å²) < 4.78 is 11.3. The van der Waals surface area contributed by atoms with E-state index in [2.05, 4.69) is 24.3 Å². The van der Waals surface area contributed by atoms with Crippen LogP contribution in [0.15, 0.2) is 60.7 Å². The Balaban J connectivity index is 1.42. The van der Waals surface area contributed by atoms with Crippen molar-refractivity contribution in [2.45, 2.75) is 31.5 Å². The Morgan fingerprint density at radius 2 is 1.41 bits per heavy atom. The number of piperidine rings is 1. The van der Waals surface area contributed by atoms with Crippen molar-refractivity contribution in [3.63, 3.8) is 0 Å². The average Bonchev–Trinajstić information content (AvgIpc) is 3.28. The fourth-order valence-electron chi connectivity index (χ4n) is 4.17. The molecule has 0 aliphatic carbocycles. The molecule has 0 saturated carbocycles. The number of nitrogens with zero attached hydrogens (tertiary/aromatic N) is 1. The number of carbonyl (C=O) groups excluding carboxylic acids is 1. The summed E-state index contributed by atoms with van der Waals surface area (Å²) in [6.45, 7) is 2.98. The van der Waals surface area contributed by atoms with Crippen LogP contribution < -0.4 is 0 Å². The molecule has 0 atom stereocenters. The molecule has 2 aromatic carbocycles. The van der Waals surface area contributed by atoms with Crippen LogP contribution >= 0.6 is 0 Å². The van der Waals surface area contributed by atoms with Gasteiger partial charge in [-0.25, -0.2) is 0 Å². The third-order valence-corrected chi connectivity index (χ3v) is 5.71. The number of rotatable bonds is 5. The number of likely N-dealkylation sites (tertiary alicyclic amines) is 1. The fraction of sp³-hybridized carbons (Fsp3) is 0.435. The molecule has 4 heteroatoms. The molecule has 0 unspecified atom stereocenters. The highest BCUT2D eigenvalue weighted by atomic mass is 16.7. The van der Waals surface area contributed by atoms with Gasteiger partial charge in [-0.2, -0.15) is 0 Å². The quantitative estimate of drug-likeness (QED) is 0.809. The Morgan fingerprint density at radius 3 is 1.93 bits per heavy atom. The first-order valence-electron chi connectivity index (χ1n) is 9.92. The Morgan fingerprint density at radius 1 is 0.889 bits per heavy atom. The summed E-state index contributed by atoms with van der Waals surface area (Å²) in [5.74, 6) is 0.745. The Hall–Kier alpha value is -2.17. The van der Waals surface area contributed by atoms with E-state index < -0.39 is 0 Å². The highest BCUT2D eigenvalue weighted by Crippen LogP contribution is 2.30. The van der Waals surface area contributed by atoms with Gasteiger partial charge in [0.1, 0.15) is 0 Å². The van der Waals surface area contributed by atoms with E-state index in [0.29, 0.717) is 25.6 Å². The molecule has 0 radical (unpaired) electrons. The number of hydrogen-bond acceptors (Lipinski definition) is 3. The van der Waals surface area contributed by atoms with Crippen LogP contribution in [0.2, 0.25) is 0 Å². The minimum atomic E-state index is -0.0661. The van der Waals surface area contributed by atoms with Crippen molar-refractivity contribution in [1.82, 2.24) is 4.90 Å². The van der Waals surface area contributed by atoms with Crippen LogP contribution in [0.5, 0.6) is 0 Å². The molecule has 1 amide bonds. The van der Waals surface area contributed by atoms with Gasteiger partial charge in [0, 0.05) is 31.3 Å². The number of hydrogen-bond donors (Lipinski definition) is 0. The van der Waals surface area contributed by atoms with E-state index in [0.717, 1.165) is 25.9 Å². The van der Waals surface area contributed by atoms with Crippen LogP contribution in [-0.2, 0) is 14.3 Å². The van der Waals surface area contributed by atoms with E-state index in [4.69, 9.17) is 9.47 Å². The molecular weight excluding hydrogens is 338 g/mol. The molecule has 2 heterocycles. The minimum absolute atomic E-state index is 0.0661. The van der Waals surface area contributed by atoms with E-state index in [-0.39, 0.29) is 18.1 Å². The summed E-state index contributed by atoms with van der Waals surface area (Å²) in [4.78, 5) is 15.1. The van der Waals surface area contributed by atoms with Crippen LogP contribution in [0.4, 0.5) is 0 Å². The van der Waals surface area contributed by atoms with Gasteiger partial charge < -0.3 is 14.4 Å². The zero-order valence-electron chi connectivity index (χ0n) is 15.6. The Kier molecular flexibility index (Phi) is 5.85. The van der Waals surface area contributed by atoms with E-state index in [1.165, 1.54) is 11.1 Å². The molecule has 0 aromatic heterocycles. The monoisotopic (exact) mass is 365 g/mol. The standard InChI is InChI=1S/C23H27NO3/c25-22(24-13-11-20(12-14-24)23-26-15-16-27-23)17-21(18-7-3-1-4-8-18)19-9-5-2-6-10-19/h1-10,20-21,23H,11-17H2. The minimum Gasteiger partial charge on any atom is -0.350 e. The van der Waals surface area contributed by atoms with Crippen molar-refractivity contribution >= 4 is 5.91 Å². The van der Waals surface area contributed by atoms with Gasteiger partial charge in [0.2, 0.25) is 5.91 Å². The number of ether oxygens (including phenoxy) is 2. The van der Waals surface area contributed by atoms with Gasteiger partial charge in [-0.1, -0.05) is 60.7 Å². The van der Waals surface area contributed by atoms with Gasteiger partial charge in [-0.3, -0.25) is 4.79 Å². The van der Waals surface area contributed by atoms with Crippen molar-refractivity contribution in [3.8, 4) is 0 Å². The number of carbonyl (C=O) groups is 1. The summed E-state index contributed by atoms with van der Waals surface area (Å²) in [5, 5.41) is 0. The zero-order chi connectivity index (χ0) is 18.5. The lowest BCUT2D eigenvalue weighted by Crippen LogP contribution is -2.41. The predicted molar refractivity (Wildman–Crippen MR) is 104 cm³/mol. The maximum Gasteiger partial charge on any atom is 0.223 e. The average molecular weight is 365 g/mol. The lowest BCUT2D eigenvalue weighted by molar-refractivity contribution is -0.137. The first kappa shape index (κ1) is 18.2. The molecule has 0 N–H and O–H groups in total. The van der Waals surface area contributed by atoms with E-state index in [9.17, 15) is 4.79 Å². The second kappa shape index (κ2) is 8.68. The molecule has 2 aromatic rings. The summed E-state index contributed by atoms with van der Waals surface area (Å²) in [6, 6.07) is 20.7. The van der Waals surface area contributed by atoms with Crippen molar-refractivity contribution in [2.24, 2.45) is 5.92 Å². The van der Waals surface area contributed by atoms with Gasteiger partial charge >= 0.3 is 0 Å². The van der Waals surface area contributed by atoms with Crippen molar-refractivity contribution < 1.29 is 14.3 Å². The molecule has 27 heavy (non-hydrogen) atoms. The largest absolute Gasteiger partial charge is 0.350 e. The van der Waals surface area contributed by atoms with Gasteiger partial charge in [0.05, 0.1) is 13.2 Å². The third kappa shape index (κ3) is 4.40. The lowest BCUT2D eigenvalue weighted by atomic mass is 9.87. The van der Waals surface area contributed by atoms with E-state index in [1.807, 2.05) is 41.3 Å². The smallest absolute Gasteiger partial charge is 0.223 e. The Labute approximate surface area is 161 Å². The molecule has 2 aliphatic heterocycles. The molecule has 0 bridgehead atoms. The van der Waals surface area contributed by atoms with Crippen LogP contribution in [0.3, 0.4) is 0 Å². The number of amides is 1. The van der Waals surface area contributed by atoms with Gasteiger partial charge in [0.15, 0.2) is 6.29 Å². The highest BCUT2D eigenvalue weighted by Gasteiger charge is 2.32. The van der Waals surface area contributed by atoms with Gasteiger partial charge in [-0.15, -0.1) is 0 Å². The summed E-state index contributed by atoms with van der Waals surface area (Å²) in [5.41, 5.74) is 2.39. The summed E-state index contributed by atoms with van der Waals surface area (Å²) >= 11 is 0. The Bertz CT molecular complexity index is 680. The normalized spacial score (nSPS) is 18.9. The molecule has 142 valence electrons. The SMILES string of the molecule is O=C(CC(c1ccccc1)c1ccccc1)N1CCC(C2OCCO2)CC1. The van der Waals surface area contributed by atoms with Crippen molar-refractivity contribution in [2.75, 3.05) is 26.3 Å². The lowest BCUT2D eigenvalue weighted by Gasteiger charge is -2.34. The maximum atomic E-state index is 13.0. The first-order valence-corrected chi connectivity index (χ1v) is 9.92. The first-order chi connectivity index (χ1) is 13.3. The van der Waals surface area contributed by atoms with E-state index >= 15 is 0 Å². The van der Waals surface area contributed by atoms with Crippen LogP contribution in [0.1, 0.15) is 36.3 Å². The molecule has 2 fully saturated rings. The summed E-state index contributed by atoms with van der Waals surface area (Å²) in [6.07, 6.45) is 2.36. The fourth-order valence-corrected chi connectivity index (χ4v) is 4.17. The van der Waals surface area contributed by atoms with Crippen LogP contribution in [0.25, 0.3) is 0 Å². The molecule has 4 nitrogen and oxygen atoms in total. The maximum absolute atomic E-state index is 13.0. The van der Waals surface area contributed by atoms with E-state index in [1.54, 1.807) is 0 Å². The molecule has 0 spiro atoms. The molecule has 2 aliphatic rings. The van der Waals surface area contributed by atoms with Crippen molar-refractivity contribution in [1.29, 1.82) is 0 Å².